The fourth-order valence-electron chi connectivity index (χ4n) is 3.03. The second-order valence-corrected chi connectivity index (χ2v) is 6.10. The van der Waals surface area contributed by atoms with Gasteiger partial charge in [0, 0.05) is 37.0 Å². The van der Waals surface area contributed by atoms with Crippen LogP contribution in [0.2, 0.25) is 0 Å². The molecule has 1 aromatic carbocycles. The summed E-state index contributed by atoms with van der Waals surface area (Å²) in [6.07, 6.45) is 2.91. The average Bonchev–Trinajstić information content (AvgIpc) is 2.62. The number of hydrogen-bond acceptors (Lipinski definition) is 5. The summed E-state index contributed by atoms with van der Waals surface area (Å²) in [5, 5.41) is 0. The lowest BCUT2D eigenvalue weighted by molar-refractivity contribution is -0.0349. The lowest BCUT2D eigenvalue weighted by atomic mass is 10.1. The molecule has 0 saturated carbocycles. The van der Waals surface area contributed by atoms with Gasteiger partial charge in [-0.2, -0.15) is 0 Å². The molecule has 0 radical (unpaired) electrons. The molecule has 0 bridgehead atoms. The molecule has 1 N–H and O–H groups in total. The molecule has 7 heteroatoms. The summed E-state index contributed by atoms with van der Waals surface area (Å²) >= 11 is 0. The highest BCUT2D eigenvalue weighted by Crippen LogP contribution is 2.22. The van der Waals surface area contributed by atoms with Gasteiger partial charge < -0.3 is 14.5 Å². The van der Waals surface area contributed by atoms with Crippen LogP contribution in [0.5, 0.6) is 5.75 Å². The first-order valence-corrected chi connectivity index (χ1v) is 8.34. The van der Waals surface area contributed by atoms with Gasteiger partial charge in [0.25, 0.3) is 5.56 Å². The van der Waals surface area contributed by atoms with Gasteiger partial charge in [-0.1, -0.05) is 12.1 Å². The SMILES string of the molecule is COc1cccc(CN2CCOC(CCc3cc(=O)[nH]cn3)C2)c1F. The van der Waals surface area contributed by atoms with Crippen molar-refractivity contribution in [3.8, 4) is 5.75 Å². The fourth-order valence-corrected chi connectivity index (χ4v) is 3.03. The van der Waals surface area contributed by atoms with Crippen molar-refractivity contribution in [3.05, 3.63) is 58.0 Å². The van der Waals surface area contributed by atoms with Gasteiger partial charge in [0.05, 0.1) is 26.1 Å². The van der Waals surface area contributed by atoms with E-state index in [1.54, 1.807) is 18.2 Å². The van der Waals surface area contributed by atoms with Crippen molar-refractivity contribution in [1.29, 1.82) is 0 Å². The topological polar surface area (TPSA) is 67.5 Å². The summed E-state index contributed by atoms with van der Waals surface area (Å²) in [5.74, 6) is -0.0385. The predicted octanol–water partition coefficient (Wildman–Crippen LogP) is 1.75. The van der Waals surface area contributed by atoms with E-state index < -0.39 is 0 Å². The second-order valence-electron chi connectivity index (χ2n) is 6.10. The maximum absolute atomic E-state index is 14.3. The van der Waals surface area contributed by atoms with Crippen LogP contribution in [0.1, 0.15) is 17.7 Å². The molecule has 0 spiro atoms. The molecular formula is C18H22FN3O3. The molecule has 1 saturated heterocycles. The van der Waals surface area contributed by atoms with Crippen LogP contribution in [-0.4, -0.2) is 47.8 Å². The van der Waals surface area contributed by atoms with Crippen molar-refractivity contribution < 1.29 is 13.9 Å². The largest absolute Gasteiger partial charge is 0.494 e. The molecular weight excluding hydrogens is 325 g/mol. The van der Waals surface area contributed by atoms with Crippen molar-refractivity contribution in [2.75, 3.05) is 26.8 Å². The minimum Gasteiger partial charge on any atom is -0.494 e. The van der Waals surface area contributed by atoms with E-state index >= 15 is 0 Å². The minimum absolute atomic E-state index is 0.0449. The van der Waals surface area contributed by atoms with E-state index in [1.165, 1.54) is 19.5 Å². The average molecular weight is 347 g/mol. The van der Waals surface area contributed by atoms with Crippen molar-refractivity contribution in [3.63, 3.8) is 0 Å². The van der Waals surface area contributed by atoms with E-state index in [9.17, 15) is 9.18 Å². The number of ether oxygens (including phenoxy) is 2. The number of hydrogen-bond donors (Lipinski definition) is 1. The molecule has 25 heavy (non-hydrogen) atoms. The maximum Gasteiger partial charge on any atom is 0.250 e. The van der Waals surface area contributed by atoms with Crippen LogP contribution in [-0.2, 0) is 17.7 Å². The Balaban J connectivity index is 1.57. The molecule has 1 aliphatic heterocycles. The zero-order valence-corrected chi connectivity index (χ0v) is 14.2. The van der Waals surface area contributed by atoms with Crippen LogP contribution >= 0.6 is 0 Å². The second kappa shape index (κ2) is 8.22. The molecule has 2 aromatic rings. The number of aromatic nitrogens is 2. The number of nitrogens with one attached hydrogen (secondary N) is 1. The van der Waals surface area contributed by atoms with E-state index in [0.717, 1.165) is 25.2 Å². The van der Waals surface area contributed by atoms with Crippen molar-refractivity contribution in [2.45, 2.75) is 25.5 Å². The molecule has 1 aromatic heterocycles. The molecule has 134 valence electrons. The monoisotopic (exact) mass is 347 g/mol. The van der Waals surface area contributed by atoms with Gasteiger partial charge in [-0.25, -0.2) is 9.37 Å². The van der Waals surface area contributed by atoms with Gasteiger partial charge in [0.1, 0.15) is 0 Å². The summed E-state index contributed by atoms with van der Waals surface area (Å²) < 4.78 is 25.1. The zero-order valence-electron chi connectivity index (χ0n) is 14.2. The van der Waals surface area contributed by atoms with Gasteiger partial charge >= 0.3 is 0 Å². The number of rotatable bonds is 6. The van der Waals surface area contributed by atoms with Gasteiger partial charge in [0.15, 0.2) is 11.6 Å². The standard InChI is InChI=1S/C18H22FN3O3/c1-24-16-4-2-3-13(18(16)19)10-22-7-8-25-15(11-22)6-5-14-9-17(23)21-12-20-14/h2-4,9,12,15H,5-8,10-11H2,1H3,(H,20,21,23). The molecule has 1 atom stereocenters. The Bertz CT molecular complexity index is 765. The molecule has 2 heterocycles. The van der Waals surface area contributed by atoms with Gasteiger partial charge in [-0.15, -0.1) is 0 Å². The van der Waals surface area contributed by atoms with Crippen molar-refractivity contribution in [2.24, 2.45) is 0 Å². The number of H-pyrrole nitrogens is 1. The summed E-state index contributed by atoms with van der Waals surface area (Å²) in [6.45, 7) is 2.61. The highest BCUT2D eigenvalue weighted by atomic mass is 19.1. The summed E-state index contributed by atoms with van der Waals surface area (Å²) in [4.78, 5) is 20.1. The molecule has 6 nitrogen and oxygen atoms in total. The first kappa shape index (κ1) is 17.6. The van der Waals surface area contributed by atoms with Crippen LogP contribution < -0.4 is 10.3 Å². The Kier molecular flexibility index (Phi) is 5.78. The Morgan fingerprint density at radius 1 is 1.48 bits per heavy atom. The van der Waals surface area contributed by atoms with E-state index in [4.69, 9.17) is 9.47 Å². The van der Waals surface area contributed by atoms with Crippen LogP contribution in [0.25, 0.3) is 0 Å². The van der Waals surface area contributed by atoms with E-state index in [1.807, 2.05) is 0 Å². The van der Waals surface area contributed by atoms with Gasteiger partial charge in [0.2, 0.25) is 0 Å². The quantitative estimate of drug-likeness (QED) is 0.862. The third-order valence-electron chi connectivity index (χ3n) is 4.34. The van der Waals surface area contributed by atoms with Crippen LogP contribution in [0.4, 0.5) is 4.39 Å². The Morgan fingerprint density at radius 3 is 3.16 bits per heavy atom. The van der Waals surface area contributed by atoms with Crippen LogP contribution in [0, 0.1) is 5.82 Å². The number of methoxy groups -OCH3 is 1. The van der Waals surface area contributed by atoms with E-state index in [0.29, 0.717) is 25.1 Å². The number of aryl methyl sites for hydroxylation is 1. The summed E-state index contributed by atoms with van der Waals surface area (Å²) in [7, 11) is 1.47. The number of halogens is 1. The van der Waals surface area contributed by atoms with E-state index in [2.05, 4.69) is 14.9 Å². The third-order valence-corrected chi connectivity index (χ3v) is 4.34. The smallest absolute Gasteiger partial charge is 0.250 e. The van der Waals surface area contributed by atoms with E-state index in [-0.39, 0.29) is 23.2 Å². The molecule has 0 amide bonds. The number of morpholine rings is 1. The highest BCUT2D eigenvalue weighted by Gasteiger charge is 2.22. The summed E-state index contributed by atoms with van der Waals surface area (Å²) in [6, 6.07) is 6.71. The van der Waals surface area contributed by atoms with Gasteiger partial charge in [-0.3, -0.25) is 9.69 Å². The zero-order chi connectivity index (χ0) is 17.6. The number of nitrogens with zero attached hydrogens (tertiary/aromatic N) is 2. The molecule has 3 rings (SSSR count). The lowest BCUT2D eigenvalue weighted by Crippen LogP contribution is -2.42. The third kappa shape index (κ3) is 4.64. The maximum atomic E-state index is 14.3. The highest BCUT2D eigenvalue weighted by molar-refractivity contribution is 5.31. The Hall–Kier alpha value is -2.25. The Morgan fingerprint density at radius 2 is 2.36 bits per heavy atom. The molecule has 1 fully saturated rings. The first-order chi connectivity index (χ1) is 12.2. The lowest BCUT2D eigenvalue weighted by Gasteiger charge is -2.33. The molecule has 0 aliphatic carbocycles. The number of benzene rings is 1. The first-order valence-electron chi connectivity index (χ1n) is 8.34. The molecule has 1 unspecified atom stereocenters. The van der Waals surface area contributed by atoms with Gasteiger partial charge in [-0.05, 0) is 18.9 Å². The predicted molar refractivity (Wildman–Crippen MR) is 91.1 cm³/mol. The summed E-state index contributed by atoms with van der Waals surface area (Å²) in [5.41, 5.74) is 1.23. The van der Waals surface area contributed by atoms with Crippen LogP contribution in [0.15, 0.2) is 35.4 Å². The van der Waals surface area contributed by atoms with Crippen molar-refractivity contribution in [1.82, 2.24) is 14.9 Å². The molecule has 1 aliphatic rings. The Labute approximate surface area is 145 Å². The number of aromatic amines is 1. The normalized spacial score (nSPS) is 18.2. The minimum atomic E-state index is -0.305. The van der Waals surface area contributed by atoms with Crippen LogP contribution in [0.3, 0.4) is 0 Å². The van der Waals surface area contributed by atoms with Crippen molar-refractivity contribution >= 4 is 0 Å². The fraction of sp³-hybridized carbons (Fsp3) is 0.444.